The summed E-state index contributed by atoms with van der Waals surface area (Å²) in [6.45, 7) is 3.31. The van der Waals surface area contributed by atoms with Crippen LogP contribution >= 0.6 is 0 Å². The fourth-order valence-electron chi connectivity index (χ4n) is 2.24. The molecule has 25 heavy (non-hydrogen) atoms. The number of hydrogen-bond donors (Lipinski definition) is 2. The quantitative estimate of drug-likeness (QED) is 0.556. The lowest BCUT2D eigenvalue weighted by atomic mass is 10.1. The minimum absolute atomic E-state index is 0.260. The van der Waals surface area contributed by atoms with Crippen LogP contribution in [0.4, 0.5) is 4.79 Å². The van der Waals surface area contributed by atoms with Gasteiger partial charge in [0.05, 0.1) is 12.8 Å². The Hall–Kier alpha value is -2.77. The first-order valence-corrected chi connectivity index (χ1v) is 8.12. The highest BCUT2D eigenvalue weighted by molar-refractivity contribution is 6.57. The Morgan fingerprint density at radius 2 is 2.00 bits per heavy atom. The van der Waals surface area contributed by atoms with E-state index in [2.05, 4.69) is 10.6 Å². The second-order valence-electron chi connectivity index (χ2n) is 5.49. The first-order chi connectivity index (χ1) is 12.0. The number of carbonyl (C=O) groups is 2. The van der Waals surface area contributed by atoms with Gasteiger partial charge in [-0.25, -0.2) is 0 Å². The molecule has 0 aromatic carbocycles. The molecule has 8 heteroatoms. The van der Waals surface area contributed by atoms with E-state index in [1.54, 1.807) is 24.4 Å². The number of pyridine rings is 2. The summed E-state index contributed by atoms with van der Waals surface area (Å²) in [7, 11) is 4.97. The maximum Gasteiger partial charge on any atom is 0.255 e. The molecule has 0 fully saturated rings. The zero-order valence-electron chi connectivity index (χ0n) is 14.1. The van der Waals surface area contributed by atoms with Crippen molar-refractivity contribution in [2.24, 2.45) is 0 Å². The molecule has 2 heterocycles. The molecule has 2 amide bonds. The van der Waals surface area contributed by atoms with E-state index in [1.165, 1.54) is 10.5 Å². The maximum absolute atomic E-state index is 12.2. The van der Waals surface area contributed by atoms with Gasteiger partial charge in [-0.3, -0.25) is 18.8 Å². The van der Waals surface area contributed by atoms with E-state index in [1.807, 2.05) is 6.92 Å². The molecule has 0 aliphatic heterocycles. The van der Waals surface area contributed by atoms with Crippen molar-refractivity contribution in [3.05, 3.63) is 46.4 Å². The summed E-state index contributed by atoms with van der Waals surface area (Å²) < 4.78 is 6.97. The number of fused-ring (bicyclic) bond motifs is 1. The van der Waals surface area contributed by atoms with Crippen LogP contribution in [0.3, 0.4) is 0 Å². The number of nitrogens with zero attached hydrogens (tertiary/aromatic N) is 1. The van der Waals surface area contributed by atoms with Gasteiger partial charge in [0, 0.05) is 30.2 Å². The van der Waals surface area contributed by atoms with Gasteiger partial charge in [-0.2, -0.15) is 0 Å². The van der Waals surface area contributed by atoms with Gasteiger partial charge in [0.25, 0.3) is 11.5 Å². The van der Waals surface area contributed by atoms with E-state index < -0.39 is 5.81 Å². The third-order valence-corrected chi connectivity index (χ3v) is 3.46. The molecule has 2 rings (SSSR count). The fraction of sp³-hybridized carbons (Fsp3) is 0.353. The zero-order valence-corrected chi connectivity index (χ0v) is 14.1. The summed E-state index contributed by atoms with van der Waals surface area (Å²) in [4.78, 5) is 34.8. The van der Waals surface area contributed by atoms with Crippen molar-refractivity contribution in [1.82, 2.24) is 15.0 Å². The van der Waals surface area contributed by atoms with Crippen molar-refractivity contribution in [3.8, 4) is 5.75 Å². The lowest BCUT2D eigenvalue weighted by Crippen LogP contribution is -2.26. The van der Waals surface area contributed by atoms with E-state index in [0.29, 0.717) is 42.9 Å². The highest BCUT2D eigenvalue weighted by atomic mass is 16.5. The highest BCUT2D eigenvalue weighted by Crippen LogP contribution is 2.13. The Morgan fingerprint density at radius 3 is 2.72 bits per heavy atom. The molecular formula is C17H20BN3O4. The average Bonchev–Trinajstić information content (AvgIpc) is 2.59. The van der Waals surface area contributed by atoms with Crippen molar-refractivity contribution in [3.63, 3.8) is 0 Å². The number of amides is 2. The first kappa shape index (κ1) is 18.6. The third-order valence-electron chi connectivity index (χ3n) is 3.46. The summed E-state index contributed by atoms with van der Waals surface area (Å²) in [5.74, 6) is -0.309. The van der Waals surface area contributed by atoms with E-state index >= 15 is 0 Å². The second-order valence-corrected chi connectivity index (χ2v) is 5.49. The molecule has 0 atom stereocenters. The number of nitrogens with one attached hydrogen (secondary N) is 2. The molecule has 0 saturated heterocycles. The van der Waals surface area contributed by atoms with Crippen LogP contribution in [-0.4, -0.2) is 43.7 Å². The Bertz CT molecular complexity index is 819. The van der Waals surface area contributed by atoms with Crippen LogP contribution in [0.2, 0.25) is 0 Å². The third kappa shape index (κ3) is 5.37. The maximum atomic E-state index is 12.2. The van der Waals surface area contributed by atoms with Crippen molar-refractivity contribution in [2.45, 2.75) is 19.8 Å². The van der Waals surface area contributed by atoms with Gasteiger partial charge in [0.15, 0.2) is 13.7 Å². The smallest absolute Gasteiger partial charge is 0.255 e. The summed E-state index contributed by atoms with van der Waals surface area (Å²) in [5, 5.41) is 5.22. The predicted octanol–water partition coefficient (Wildman–Crippen LogP) is 1.09. The molecule has 0 unspecified atom stereocenters. The zero-order chi connectivity index (χ0) is 18.2. The molecule has 130 valence electrons. The topological polar surface area (TPSA) is 88.9 Å². The number of ether oxygens (including phenoxy) is 1. The van der Waals surface area contributed by atoms with Crippen molar-refractivity contribution >= 4 is 25.1 Å². The lowest BCUT2D eigenvalue weighted by Gasteiger charge is -2.09. The Kier molecular flexibility index (Phi) is 6.62. The minimum atomic E-state index is -0.573. The summed E-state index contributed by atoms with van der Waals surface area (Å²) >= 11 is 0. The van der Waals surface area contributed by atoms with E-state index in [-0.39, 0.29) is 11.5 Å². The molecular weight excluding hydrogens is 321 g/mol. The van der Waals surface area contributed by atoms with Crippen LogP contribution in [0.1, 0.15) is 30.1 Å². The first-order valence-electron chi connectivity index (χ1n) is 8.12. The van der Waals surface area contributed by atoms with Gasteiger partial charge < -0.3 is 15.4 Å². The number of aromatic nitrogens is 1. The summed E-state index contributed by atoms with van der Waals surface area (Å²) in [5.41, 5.74) is 0.640. The van der Waals surface area contributed by atoms with Gasteiger partial charge in [0.2, 0.25) is 0 Å². The molecule has 0 spiro atoms. The number of hydrogen-bond acceptors (Lipinski definition) is 4. The van der Waals surface area contributed by atoms with Gasteiger partial charge in [-0.1, -0.05) is 6.92 Å². The monoisotopic (exact) mass is 341 g/mol. The SMILES string of the molecule is [B]C(=O)NCCCOc1ccc2cc(C(=O)NCCC)cc(=O)n2c1. The van der Waals surface area contributed by atoms with E-state index in [4.69, 9.17) is 12.6 Å². The van der Waals surface area contributed by atoms with E-state index in [0.717, 1.165) is 6.42 Å². The van der Waals surface area contributed by atoms with Crippen LogP contribution < -0.4 is 20.9 Å². The largest absolute Gasteiger partial charge is 0.492 e. The molecule has 2 aromatic rings. The number of rotatable bonds is 8. The predicted molar refractivity (Wildman–Crippen MR) is 95.6 cm³/mol. The average molecular weight is 341 g/mol. The van der Waals surface area contributed by atoms with Crippen LogP contribution in [0.5, 0.6) is 5.75 Å². The van der Waals surface area contributed by atoms with Gasteiger partial charge >= 0.3 is 0 Å². The van der Waals surface area contributed by atoms with Gasteiger partial charge in [-0.15, -0.1) is 0 Å². The summed E-state index contributed by atoms with van der Waals surface area (Å²) in [6, 6.07) is 6.41. The Balaban J connectivity index is 2.07. The van der Waals surface area contributed by atoms with Crippen LogP contribution in [0.15, 0.2) is 35.3 Å². The highest BCUT2D eigenvalue weighted by Gasteiger charge is 2.08. The molecule has 0 aliphatic carbocycles. The second kappa shape index (κ2) is 8.91. The lowest BCUT2D eigenvalue weighted by molar-refractivity contribution is 0.0953. The van der Waals surface area contributed by atoms with Gasteiger partial charge in [0.1, 0.15) is 5.75 Å². The van der Waals surface area contributed by atoms with Crippen molar-refractivity contribution < 1.29 is 14.3 Å². The standard InChI is InChI=1S/C17H20BN3O4/c1-2-6-19-16(23)12-9-13-4-5-14(11-21(13)15(22)10-12)25-8-3-7-20-17(18)24/h4-5,9-11H,2-3,6-8H2,1H3,(H,19,23)(H,20,24). The molecule has 0 saturated carbocycles. The minimum Gasteiger partial charge on any atom is -0.492 e. The molecule has 7 nitrogen and oxygen atoms in total. The Labute approximate surface area is 146 Å². The van der Waals surface area contributed by atoms with E-state index in [9.17, 15) is 14.4 Å². The van der Waals surface area contributed by atoms with Crippen molar-refractivity contribution in [1.29, 1.82) is 0 Å². The molecule has 2 N–H and O–H groups in total. The number of carbonyl (C=O) groups excluding carboxylic acids is 2. The van der Waals surface area contributed by atoms with Crippen molar-refractivity contribution in [2.75, 3.05) is 19.7 Å². The fourth-order valence-corrected chi connectivity index (χ4v) is 2.24. The molecule has 2 aromatic heterocycles. The Morgan fingerprint density at radius 1 is 1.20 bits per heavy atom. The van der Waals surface area contributed by atoms with Crippen LogP contribution in [0, 0.1) is 0 Å². The summed E-state index contributed by atoms with van der Waals surface area (Å²) in [6.07, 6.45) is 2.99. The van der Waals surface area contributed by atoms with Crippen LogP contribution in [-0.2, 0) is 0 Å². The molecule has 2 radical (unpaired) electrons. The van der Waals surface area contributed by atoms with Crippen LogP contribution in [0.25, 0.3) is 5.52 Å². The van der Waals surface area contributed by atoms with Gasteiger partial charge in [-0.05, 0) is 31.0 Å². The molecule has 0 bridgehead atoms. The molecule has 0 aliphatic rings. The normalized spacial score (nSPS) is 10.4.